The average Bonchev–Trinajstić information content (AvgIpc) is 2.26. The second-order valence-corrected chi connectivity index (χ2v) is 2.58. The molecule has 1 aromatic rings. The largest absolute Gasteiger partial charge is 0.471 e. The Morgan fingerprint density at radius 1 is 1.50 bits per heavy atom. The average molecular weight is 242 g/mol. The van der Waals surface area contributed by atoms with Crippen LogP contribution < -0.4 is 4.74 Å². The predicted octanol–water partition coefficient (Wildman–Crippen LogP) is 2.42. The van der Waals surface area contributed by atoms with Gasteiger partial charge in [-0.15, -0.1) is 0 Å². The molecule has 0 saturated carbocycles. The molecule has 0 fully saturated rings. The highest BCUT2D eigenvalue weighted by Gasteiger charge is 2.12. The predicted molar refractivity (Wildman–Crippen MR) is 50.1 cm³/mol. The molecular weight excluding hydrogens is 220 g/mol. The van der Waals surface area contributed by atoms with E-state index in [0.29, 0.717) is 0 Å². The minimum atomic E-state index is -3.63. The maximum Gasteiger partial charge on any atom is 0.232 e. The zero-order valence-electron chi connectivity index (χ0n) is 16.7. The molecule has 1 aromatic heterocycles. The summed E-state index contributed by atoms with van der Waals surface area (Å²) in [6, 6.07) is 0. The molecule has 66 valence electrons. The van der Waals surface area contributed by atoms with E-state index >= 15 is 0 Å². The van der Waals surface area contributed by atoms with Gasteiger partial charge in [-0.2, -0.15) is 0 Å². The molecule has 0 N–H and O–H groups in total. The van der Waals surface area contributed by atoms with Gasteiger partial charge in [0.2, 0.25) is 5.88 Å². The third-order valence-electron chi connectivity index (χ3n) is 0.749. The zero-order chi connectivity index (χ0) is 18.4. The van der Waals surface area contributed by atoms with Crippen LogP contribution in [0.2, 0.25) is 0 Å². The third-order valence-corrected chi connectivity index (χ3v) is 1.10. The van der Waals surface area contributed by atoms with Gasteiger partial charge in [0.15, 0.2) is 0 Å². The van der Waals surface area contributed by atoms with Crippen LogP contribution in [-0.2, 0) is 0 Å². The summed E-state index contributed by atoms with van der Waals surface area (Å²) in [6.07, 6.45) is -1.39. The second kappa shape index (κ2) is 3.39. The van der Waals surface area contributed by atoms with Gasteiger partial charge in [-0.1, -0.05) is 0 Å². The van der Waals surface area contributed by atoms with Crippen LogP contribution in [0, 0.1) is 0 Å². The summed E-state index contributed by atoms with van der Waals surface area (Å²) in [4.78, 5) is 6.86. The van der Waals surface area contributed by atoms with Gasteiger partial charge in [-0.05, 0) is 36.5 Å². The van der Waals surface area contributed by atoms with Crippen molar-refractivity contribution >= 4 is 15.9 Å². The van der Waals surface area contributed by atoms with Crippen LogP contribution in [0.25, 0.3) is 0 Å². The smallest absolute Gasteiger partial charge is 0.232 e. The molecule has 0 aliphatic rings. The summed E-state index contributed by atoms with van der Waals surface area (Å²) < 4.78 is 86.1. The molecular formula is C8H11BrN2O. The van der Waals surface area contributed by atoms with Crippen LogP contribution in [-0.4, -0.2) is 15.6 Å². The minimum Gasteiger partial charge on any atom is -0.471 e. The summed E-state index contributed by atoms with van der Waals surface area (Å²) in [5.74, 6) is -0.971. The molecule has 0 atom stereocenters. The lowest BCUT2D eigenvalue weighted by molar-refractivity contribution is 0.123. The van der Waals surface area contributed by atoms with Crippen molar-refractivity contribution in [3.05, 3.63) is 16.9 Å². The Balaban J connectivity index is 3.65. The number of hydrogen-bond acceptors (Lipinski definition) is 3. The monoisotopic (exact) mass is 241 g/mol. The highest BCUT2D eigenvalue weighted by molar-refractivity contribution is 9.10. The van der Waals surface area contributed by atoms with Crippen molar-refractivity contribution < 1.29 is 19.8 Å². The third kappa shape index (κ3) is 3.17. The van der Waals surface area contributed by atoms with Crippen molar-refractivity contribution in [1.82, 2.24) is 9.97 Å². The van der Waals surface area contributed by atoms with Crippen molar-refractivity contribution in [1.29, 1.82) is 0 Å². The van der Waals surface area contributed by atoms with E-state index in [2.05, 4.69) is 25.9 Å². The van der Waals surface area contributed by atoms with E-state index in [4.69, 9.17) is 19.8 Å². The SMILES string of the molecule is [2H]c1nc(OC(C([2H])([2H])[2H])(C([2H])([2H])[2H])C([2H])([2H])[2H])c([2H])nc1Br. The molecule has 3 nitrogen and oxygen atoms in total. The summed E-state index contributed by atoms with van der Waals surface area (Å²) in [7, 11) is 0. The van der Waals surface area contributed by atoms with Crippen molar-refractivity contribution in [2.24, 2.45) is 0 Å². The van der Waals surface area contributed by atoms with Crippen molar-refractivity contribution in [3.8, 4) is 5.88 Å². The van der Waals surface area contributed by atoms with Crippen LogP contribution >= 0.6 is 15.9 Å². The normalized spacial score (nSPS) is 27.9. The summed E-state index contributed by atoms with van der Waals surface area (Å²) in [5, 5.41) is 0. The first kappa shape index (κ1) is 2.44. The molecule has 0 aliphatic heterocycles. The Bertz CT molecular complexity index is 557. The van der Waals surface area contributed by atoms with E-state index in [0.717, 1.165) is 0 Å². The lowest BCUT2D eigenvalue weighted by atomic mass is 10.2. The highest BCUT2D eigenvalue weighted by Crippen LogP contribution is 2.14. The summed E-state index contributed by atoms with van der Waals surface area (Å²) in [6.45, 7) is -10.8. The molecule has 0 radical (unpaired) electrons. The van der Waals surface area contributed by atoms with E-state index in [9.17, 15) is 0 Å². The van der Waals surface area contributed by atoms with Crippen molar-refractivity contribution in [2.75, 3.05) is 0 Å². The number of aromatic nitrogens is 2. The van der Waals surface area contributed by atoms with Crippen LogP contribution in [0.4, 0.5) is 0 Å². The molecule has 0 aromatic carbocycles. The fourth-order valence-corrected chi connectivity index (χ4v) is 0.612. The van der Waals surface area contributed by atoms with Gasteiger partial charge >= 0.3 is 0 Å². The van der Waals surface area contributed by atoms with Gasteiger partial charge in [0, 0.05) is 12.3 Å². The fraction of sp³-hybridized carbons (Fsp3) is 0.500. The molecule has 0 spiro atoms. The highest BCUT2D eigenvalue weighted by atomic mass is 79.9. The van der Waals surface area contributed by atoms with Gasteiger partial charge < -0.3 is 4.74 Å². The Kier molecular flexibility index (Phi) is 0.689. The lowest BCUT2D eigenvalue weighted by Gasteiger charge is -2.19. The Hall–Kier alpha value is -0.640. The molecule has 4 heteroatoms. The topological polar surface area (TPSA) is 35.0 Å². The Labute approximate surface area is 95.8 Å². The van der Waals surface area contributed by atoms with E-state index in [1.54, 1.807) is 0 Å². The number of rotatable bonds is 1. The zero-order valence-corrected chi connectivity index (χ0v) is 7.27. The van der Waals surface area contributed by atoms with Crippen molar-refractivity contribution in [3.63, 3.8) is 0 Å². The first-order valence-electron chi connectivity index (χ1n) is 8.24. The molecule has 12 heavy (non-hydrogen) atoms. The first-order valence-corrected chi connectivity index (χ1v) is 3.53. The Morgan fingerprint density at radius 3 is 2.92 bits per heavy atom. The van der Waals surface area contributed by atoms with Crippen LogP contribution in [0.3, 0.4) is 0 Å². The van der Waals surface area contributed by atoms with Crippen LogP contribution in [0.1, 0.15) is 35.6 Å². The van der Waals surface area contributed by atoms with E-state index < -0.39 is 44.4 Å². The minimum absolute atomic E-state index is 0.169. The van der Waals surface area contributed by atoms with Gasteiger partial charge in [0.25, 0.3) is 0 Å². The van der Waals surface area contributed by atoms with Crippen LogP contribution in [0.15, 0.2) is 16.9 Å². The maximum atomic E-state index is 7.54. The fourth-order valence-electron chi connectivity index (χ4n) is 0.434. The molecule has 0 aliphatic carbocycles. The number of nitrogens with zero attached hydrogens (tertiary/aromatic N) is 2. The lowest BCUT2D eigenvalue weighted by Crippen LogP contribution is -2.23. The Morgan fingerprint density at radius 2 is 2.25 bits per heavy atom. The van der Waals surface area contributed by atoms with Crippen LogP contribution in [0.5, 0.6) is 5.88 Å². The maximum absolute atomic E-state index is 7.54. The van der Waals surface area contributed by atoms with Gasteiger partial charge in [0.1, 0.15) is 10.2 Å². The van der Waals surface area contributed by atoms with E-state index in [1.165, 1.54) is 0 Å². The second-order valence-electron chi connectivity index (χ2n) is 1.83. The van der Waals surface area contributed by atoms with Crippen molar-refractivity contribution in [2.45, 2.75) is 26.2 Å². The summed E-state index contributed by atoms with van der Waals surface area (Å²) >= 11 is 2.81. The van der Waals surface area contributed by atoms with E-state index in [1.807, 2.05) is 0 Å². The molecule has 0 amide bonds. The molecule has 1 heterocycles. The molecule has 0 unspecified atom stereocenters. The number of hydrogen-bond donors (Lipinski definition) is 0. The van der Waals surface area contributed by atoms with Gasteiger partial charge in [-0.25, -0.2) is 9.97 Å². The van der Waals surface area contributed by atoms with Gasteiger partial charge in [0.05, 0.1) is 15.1 Å². The quantitative estimate of drug-likeness (QED) is 0.758. The molecule has 0 bridgehead atoms. The number of ether oxygens (including phenoxy) is 1. The van der Waals surface area contributed by atoms with Gasteiger partial charge in [-0.3, -0.25) is 0 Å². The standard InChI is InChI=1S/C8H11BrN2O/c1-8(2,3)12-7-5-10-6(9)4-11-7/h4-5H,1-3H3/i1D3,2D3,3D3,4D,5D. The number of halogens is 1. The summed E-state index contributed by atoms with van der Waals surface area (Å²) in [5.41, 5.74) is -3.63. The first-order chi connectivity index (χ1) is 10.0. The molecule has 0 saturated heterocycles. The van der Waals surface area contributed by atoms with E-state index in [-0.39, 0.29) is 4.60 Å². The molecule has 1 rings (SSSR count).